The molecule has 0 unspecified atom stereocenters. The van der Waals surface area contributed by atoms with Gasteiger partial charge in [-0.15, -0.1) is 0 Å². The van der Waals surface area contributed by atoms with Crippen molar-refractivity contribution in [3.8, 4) is 5.75 Å². The van der Waals surface area contributed by atoms with Gasteiger partial charge in [-0.05, 0) is 32.0 Å². The number of nitrogen functional groups attached to an aromatic ring is 1. The quantitative estimate of drug-likeness (QED) is 0.407. The fourth-order valence-electron chi connectivity index (χ4n) is 1.71. The van der Waals surface area contributed by atoms with Crippen LogP contribution in [0.25, 0.3) is 0 Å². The van der Waals surface area contributed by atoms with Crippen molar-refractivity contribution in [2.75, 3.05) is 25.5 Å². The van der Waals surface area contributed by atoms with Crippen LogP contribution in [0.4, 0.5) is 5.69 Å². The molecule has 0 aromatic heterocycles. The number of ether oxygens (including phenoxy) is 1. The normalized spacial score (nSPS) is 10.4. The second-order valence-electron chi connectivity index (χ2n) is 5.08. The minimum absolute atomic E-state index is 0.0118. The highest BCUT2D eigenvalue weighted by atomic mass is 16.5. The Hall–Kier alpha value is -2.28. The van der Waals surface area contributed by atoms with Crippen molar-refractivity contribution in [3.63, 3.8) is 0 Å². The summed E-state index contributed by atoms with van der Waals surface area (Å²) in [7, 11) is 0. The summed E-state index contributed by atoms with van der Waals surface area (Å²) in [5.41, 5.74) is 6.33. The molecule has 0 bridgehead atoms. The first-order valence-corrected chi connectivity index (χ1v) is 7.14. The second-order valence-corrected chi connectivity index (χ2v) is 5.08. The first-order chi connectivity index (χ1) is 10.4. The molecule has 0 heterocycles. The SMILES string of the molecule is CC(C)NC(=O)CNC(=O)c1cc(OCCCO)ccc1N. The number of nitrogens with one attached hydrogen (secondary N) is 2. The molecule has 0 fully saturated rings. The summed E-state index contributed by atoms with van der Waals surface area (Å²) in [5.74, 6) is -0.222. The lowest BCUT2D eigenvalue weighted by Crippen LogP contribution is -2.39. The van der Waals surface area contributed by atoms with Gasteiger partial charge in [-0.3, -0.25) is 9.59 Å². The zero-order valence-electron chi connectivity index (χ0n) is 12.9. The summed E-state index contributed by atoms with van der Waals surface area (Å²) in [6.45, 7) is 3.94. The van der Waals surface area contributed by atoms with E-state index in [1.807, 2.05) is 13.8 Å². The lowest BCUT2D eigenvalue weighted by molar-refractivity contribution is -0.120. The molecule has 122 valence electrons. The van der Waals surface area contributed by atoms with E-state index in [2.05, 4.69) is 10.6 Å². The fourth-order valence-corrected chi connectivity index (χ4v) is 1.71. The molecule has 0 saturated heterocycles. The molecule has 7 heteroatoms. The lowest BCUT2D eigenvalue weighted by atomic mass is 10.1. The van der Waals surface area contributed by atoms with E-state index in [1.54, 1.807) is 12.1 Å². The van der Waals surface area contributed by atoms with E-state index in [0.29, 0.717) is 24.5 Å². The Morgan fingerprint density at radius 1 is 1.36 bits per heavy atom. The molecule has 5 N–H and O–H groups in total. The Kier molecular flexibility index (Phi) is 7.18. The maximum atomic E-state index is 12.1. The van der Waals surface area contributed by atoms with Crippen LogP contribution in [0.3, 0.4) is 0 Å². The van der Waals surface area contributed by atoms with E-state index in [4.69, 9.17) is 15.6 Å². The molecule has 2 amide bonds. The Morgan fingerprint density at radius 2 is 2.09 bits per heavy atom. The number of rotatable bonds is 8. The van der Waals surface area contributed by atoms with Gasteiger partial charge in [0.1, 0.15) is 5.75 Å². The van der Waals surface area contributed by atoms with E-state index in [0.717, 1.165) is 0 Å². The van der Waals surface area contributed by atoms with Crippen molar-refractivity contribution in [1.82, 2.24) is 10.6 Å². The van der Waals surface area contributed by atoms with Crippen LogP contribution in [0, 0.1) is 0 Å². The van der Waals surface area contributed by atoms with Crippen molar-refractivity contribution >= 4 is 17.5 Å². The van der Waals surface area contributed by atoms with Gasteiger partial charge in [0.15, 0.2) is 0 Å². The average molecular weight is 309 g/mol. The fraction of sp³-hybridized carbons (Fsp3) is 0.467. The van der Waals surface area contributed by atoms with Gasteiger partial charge < -0.3 is 26.2 Å². The topological polar surface area (TPSA) is 114 Å². The van der Waals surface area contributed by atoms with E-state index in [-0.39, 0.29) is 30.7 Å². The standard InChI is InChI=1S/C15H23N3O4/c1-10(2)18-14(20)9-17-15(21)12-8-11(4-5-13(12)16)22-7-3-6-19/h4-5,8,10,19H,3,6-7,9,16H2,1-2H3,(H,17,21)(H,18,20). The van der Waals surface area contributed by atoms with Crippen molar-refractivity contribution in [1.29, 1.82) is 0 Å². The Morgan fingerprint density at radius 3 is 2.73 bits per heavy atom. The van der Waals surface area contributed by atoms with Crippen LogP contribution in [0.1, 0.15) is 30.6 Å². The van der Waals surface area contributed by atoms with Crippen LogP contribution >= 0.6 is 0 Å². The first-order valence-electron chi connectivity index (χ1n) is 7.14. The van der Waals surface area contributed by atoms with Crippen LogP contribution in [0.2, 0.25) is 0 Å². The molecule has 22 heavy (non-hydrogen) atoms. The maximum absolute atomic E-state index is 12.1. The van der Waals surface area contributed by atoms with Crippen LogP contribution in [0.15, 0.2) is 18.2 Å². The number of carbonyl (C=O) groups excluding carboxylic acids is 2. The monoisotopic (exact) mass is 309 g/mol. The minimum atomic E-state index is -0.441. The van der Waals surface area contributed by atoms with E-state index >= 15 is 0 Å². The Labute approximate surface area is 129 Å². The number of aliphatic hydroxyl groups is 1. The molecule has 0 spiro atoms. The van der Waals surface area contributed by atoms with Crippen molar-refractivity contribution in [3.05, 3.63) is 23.8 Å². The van der Waals surface area contributed by atoms with E-state index in [1.165, 1.54) is 6.07 Å². The maximum Gasteiger partial charge on any atom is 0.253 e. The largest absolute Gasteiger partial charge is 0.493 e. The Balaban J connectivity index is 2.63. The Bertz CT molecular complexity index is 518. The van der Waals surface area contributed by atoms with Crippen molar-refractivity contribution < 1.29 is 19.4 Å². The number of aliphatic hydroxyl groups excluding tert-OH is 1. The molecule has 0 aliphatic heterocycles. The second kappa shape index (κ2) is 8.89. The van der Waals surface area contributed by atoms with Crippen LogP contribution in [-0.4, -0.2) is 42.7 Å². The third-order valence-corrected chi connectivity index (χ3v) is 2.70. The van der Waals surface area contributed by atoms with Gasteiger partial charge in [0, 0.05) is 24.8 Å². The molecule has 0 saturated carbocycles. The summed E-state index contributed by atoms with van der Waals surface area (Å²) in [4.78, 5) is 23.6. The minimum Gasteiger partial charge on any atom is -0.493 e. The third kappa shape index (κ3) is 6.01. The molecule has 0 aliphatic rings. The number of hydrogen-bond acceptors (Lipinski definition) is 5. The van der Waals surface area contributed by atoms with Gasteiger partial charge in [0.2, 0.25) is 5.91 Å². The number of carbonyl (C=O) groups is 2. The van der Waals surface area contributed by atoms with Gasteiger partial charge in [-0.25, -0.2) is 0 Å². The zero-order chi connectivity index (χ0) is 16.5. The average Bonchev–Trinajstić information content (AvgIpc) is 2.46. The third-order valence-electron chi connectivity index (χ3n) is 2.70. The lowest BCUT2D eigenvalue weighted by Gasteiger charge is -2.12. The molecule has 0 aliphatic carbocycles. The number of hydrogen-bond donors (Lipinski definition) is 4. The molecule has 1 rings (SSSR count). The molecular formula is C15H23N3O4. The number of amides is 2. The summed E-state index contributed by atoms with van der Waals surface area (Å²) in [6, 6.07) is 4.74. The molecule has 1 aromatic carbocycles. The first kappa shape index (κ1) is 17.8. The summed E-state index contributed by atoms with van der Waals surface area (Å²) in [5, 5.41) is 13.9. The zero-order valence-corrected chi connectivity index (χ0v) is 12.9. The highest BCUT2D eigenvalue weighted by Gasteiger charge is 2.13. The van der Waals surface area contributed by atoms with Crippen molar-refractivity contribution in [2.24, 2.45) is 0 Å². The molecule has 1 aromatic rings. The summed E-state index contributed by atoms with van der Waals surface area (Å²) < 4.78 is 5.40. The van der Waals surface area contributed by atoms with Crippen LogP contribution in [-0.2, 0) is 4.79 Å². The van der Waals surface area contributed by atoms with Gasteiger partial charge in [-0.2, -0.15) is 0 Å². The summed E-state index contributed by atoms with van der Waals surface area (Å²) >= 11 is 0. The van der Waals surface area contributed by atoms with E-state index in [9.17, 15) is 9.59 Å². The highest BCUT2D eigenvalue weighted by Crippen LogP contribution is 2.19. The summed E-state index contributed by atoms with van der Waals surface area (Å²) in [6.07, 6.45) is 0.501. The molecule has 0 radical (unpaired) electrons. The number of nitrogens with two attached hydrogens (primary N) is 1. The number of benzene rings is 1. The van der Waals surface area contributed by atoms with Crippen LogP contribution < -0.4 is 21.1 Å². The highest BCUT2D eigenvalue weighted by molar-refractivity contribution is 6.01. The van der Waals surface area contributed by atoms with Gasteiger partial charge in [-0.1, -0.05) is 0 Å². The van der Waals surface area contributed by atoms with Gasteiger partial charge >= 0.3 is 0 Å². The van der Waals surface area contributed by atoms with Crippen molar-refractivity contribution in [2.45, 2.75) is 26.3 Å². The molecule has 7 nitrogen and oxygen atoms in total. The molecular weight excluding hydrogens is 286 g/mol. The predicted molar refractivity (Wildman–Crippen MR) is 83.7 cm³/mol. The van der Waals surface area contributed by atoms with Gasteiger partial charge in [0.25, 0.3) is 5.91 Å². The van der Waals surface area contributed by atoms with Gasteiger partial charge in [0.05, 0.1) is 18.7 Å². The number of anilines is 1. The predicted octanol–water partition coefficient (Wildman–Crippen LogP) is 0.284. The van der Waals surface area contributed by atoms with Crippen LogP contribution in [0.5, 0.6) is 5.75 Å². The smallest absolute Gasteiger partial charge is 0.253 e. The van der Waals surface area contributed by atoms with E-state index < -0.39 is 5.91 Å². The molecule has 0 atom stereocenters.